The molecule has 2 aromatic rings. The van der Waals surface area contributed by atoms with Crippen molar-refractivity contribution in [2.24, 2.45) is 0 Å². The highest BCUT2D eigenvalue weighted by molar-refractivity contribution is 5.98. The van der Waals surface area contributed by atoms with Crippen LogP contribution in [0.2, 0.25) is 0 Å². The number of carbonyl (C=O) groups excluding carboxylic acids is 2. The van der Waals surface area contributed by atoms with E-state index < -0.39 is 22.9 Å². The van der Waals surface area contributed by atoms with Crippen molar-refractivity contribution in [1.82, 2.24) is 0 Å². The van der Waals surface area contributed by atoms with Crippen LogP contribution in [0.5, 0.6) is 0 Å². The fourth-order valence-corrected chi connectivity index (χ4v) is 2.16. The average Bonchev–Trinajstić information content (AvgIpc) is 2.62. The topological polar surface area (TPSA) is 108 Å². The van der Waals surface area contributed by atoms with Crippen LogP contribution in [0.15, 0.2) is 48.5 Å². The SMILES string of the molecule is COCc1ccc(C(=O)O[C@@H](C)C(=O)Nc2ccccc2[N+](=O)[O-])cc1. The molecule has 2 aromatic carbocycles. The third-order valence-corrected chi connectivity index (χ3v) is 3.51. The maximum Gasteiger partial charge on any atom is 0.338 e. The Bertz CT molecular complexity index is 804. The van der Waals surface area contributed by atoms with E-state index in [4.69, 9.17) is 9.47 Å². The number of hydrogen-bond acceptors (Lipinski definition) is 6. The van der Waals surface area contributed by atoms with Gasteiger partial charge in [0, 0.05) is 13.2 Å². The lowest BCUT2D eigenvalue weighted by atomic mass is 10.1. The van der Waals surface area contributed by atoms with Crippen LogP contribution in [-0.4, -0.2) is 30.0 Å². The lowest BCUT2D eigenvalue weighted by molar-refractivity contribution is -0.383. The maximum atomic E-state index is 12.2. The summed E-state index contributed by atoms with van der Waals surface area (Å²) in [5, 5.41) is 13.4. The maximum absolute atomic E-state index is 12.2. The molecule has 1 atom stereocenters. The number of benzene rings is 2. The molecule has 0 saturated heterocycles. The smallest absolute Gasteiger partial charge is 0.338 e. The van der Waals surface area contributed by atoms with E-state index in [1.54, 1.807) is 37.4 Å². The Kier molecular flexibility index (Phi) is 6.40. The quantitative estimate of drug-likeness (QED) is 0.463. The first-order valence-electron chi connectivity index (χ1n) is 7.75. The van der Waals surface area contributed by atoms with E-state index >= 15 is 0 Å². The summed E-state index contributed by atoms with van der Waals surface area (Å²) in [6, 6.07) is 12.3. The van der Waals surface area contributed by atoms with E-state index in [9.17, 15) is 19.7 Å². The van der Waals surface area contributed by atoms with E-state index in [0.29, 0.717) is 6.61 Å². The van der Waals surface area contributed by atoms with Gasteiger partial charge in [-0.25, -0.2) is 4.79 Å². The lowest BCUT2D eigenvalue weighted by Crippen LogP contribution is -2.30. The number of hydrogen-bond donors (Lipinski definition) is 1. The van der Waals surface area contributed by atoms with E-state index in [1.165, 1.54) is 25.1 Å². The Labute approximate surface area is 149 Å². The number of esters is 1. The van der Waals surface area contributed by atoms with Crippen LogP contribution in [0.25, 0.3) is 0 Å². The fourth-order valence-electron chi connectivity index (χ4n) is 2.16. The highest BCUT2D eigenvalue weighted by Gasteiger charge is 2.22. The van der Waals surface area contributed by atoms with E-state index in [0.717, 1.165) is 5.56 Å². The molecule has 8 nitrogen and oxygen atoms in total. The van der Waals surface area contributed by atoms with Crippen LogP contribution in [-0.2, 0) is 20.9 Å². The number of rotatable bonds is 7. The monoisotopic (exact) mass is 358 g/mol. The Balaban J connectivity index is 2.00. The summed E-state index contributed by atoms with van der Waals surface area (Å²) in [4.78, 5) is 34.6. The summed E-state index contributed by atoms with van der Waals surface area (Å²) in [6.45, 7) is 1.81. The molecule has 2 rings (SSSR count). The number of anilines is 1. The number of amides is 1. The molecule has 0 heterocycles. The molecule has 1 amide bonds. The molecule has 0 radical (unpaired) electrons. The second-order valence-electron chi connectivity index (χ2n) is 5.44. The van der Waals surface area contributed by atoms with Gasteiger partial charge in [0.1, 0.15) is 5.69 Å². The number of para-hydroxylation sites is 2. The molecular formula is C18H18N2O6. The number of nitro groups is 1. The van der Waals surface area contributed by atoms with Gasteiger partial charge in [-0.3, -0.25) is 14.9 Å². The Morgan fingerprint density at radius 3 is 2.42 bits per heavy atom. The van der Waals surface area contributed by atoms with Crippen molar-refractivity contribution >= 4 is 23.3 Å². The van der Waals surface area contributed by atoms with Gasteiger partial charge in [0.05, 0.1) is 17.1 Å². The molecule has 1 N–H and O–H groups in total. The number of methoxy groups -OCH3 is 1. The fraction of sp³-hybridized carbons (Fsp3) is 0.222. The molecular weight excluding hydrogens is 340 g/mol. The van der Waals surface area contributed by atoms with Crippen molar-refractivity contribution in [2.75, 3.05) is 12.4 Å². The molecule has 0 aromatic heterocycles. The molecule has 0 aliphatic carbocycles. The first-order valence-corrected chi connectivity index (χ1v) is 7.75. The first kappa shape index (κ1) is 19.1. The zero-order valence-electron chi connectivity index (χ0n) is 14.3. The molecule has 26 heavy (non-hydrogen) atoms. The van der Waals surface area contributed by atoms with Crippen LogP contribution in [0.1, 0.15) is 22.8 Å². The molecule has 8 heteroatoms. The molecule has 0 aliphatic rings. The third kappa shape index (κ3) is 4.87. The van der Waals surface area contributed by atoms with Gasteiger partial charge in [0.2, 0.25) is 0 Å². The van der Waals surface area contributed by atoms with Crippen LogP contribution in [0.4, 0.5) is 11.4 Å². The Hall–Kier alpha value is -3.26. The van der Waals surface area contributed by atoms with Gasteiger partial charge in [-0.15, -0.1) is 0 Å². The van der Waals surface area contributed by atoms with Crippen molar-refractivity contribution in [3.63, 3.8) is 0 Å². The normalized spacial score (nSPS) is 11.5. The molecule has 0 saturated carbocycles. The Morgan fingerprint density at radius 1 is 1.15 bits per heavy atom. The summed E-state index contributed by atoms with van der Waals surface area (Å²) in [5.41, 5.74) is 0.976. The summed E-state index contributed by atoms with van der Waals surface area (Å²) in [7, 11) is 1.57. The van der Waals surface area contributed by atoms with Gasteiger partial charge >= 0.3 is 5.97 Å². The summed E-state index contributed by atoms with van der Waals surface area (Å²) in [5.74, 6) is -1.33. The second kappa shape index (κ2) is 8.72. The summed E-state index contributed by atoms with van der Waals surface area (Å²) in [6.07, 6.45) is -1.12. The molecule has 0 unspecified atom stereocenters. The molecule has 0 bridgehead atoms. The number of nitrogens with one attached hydrogen (secondary N) is 1. The van der Waals surface area contributed by atoms with E-state index in [1.807, 2.05) is 0 Å². The zero-order chi connectivity index (χ0) is 19.1. The van der Waals surface area contributed by atoms with Gasteiger partial charge in [0.15, 0.2) is 6.10 Å². The second-order valence-corrected chi connectivity index (χ2v) is 5.44. The van der Waals surface area contributed by atoms with Gasteiger partial charge in [-0.1, -0.05) is 24.3 Å². The minimum absolute atomic E-state index is 0.0364. The number of carbonyl (C=O) groups is 2. The predicted octanol–water partition coefficient (Wildman–Crippen LogP) is 2.93. The summed E-state index contributed by atoms with van der Waals surface area (Å²) < 4.78 is 10.1. The highest BCUT2D eigenvalue weighted by Crippen LogP contribution is 2.23. The molecule has 0 spiro atoms. The Morgan fingerprint density at radius 2 is 1.81 bits per heavy atom. The van der Waals surface area contributed by atoms with E-state index in [-0.39, 0.29) is 16.9 Å². The van der Waals surface area contributed by atoms with Crippen molar-refractivity contribution < 1.29 is 24.0 Å². The molecule has 0 fully saturated rings. The van der Waals surface area contributed by atoms with Crippen molar-refractivity contribution in [2.45, 2.75) is 19.6 Å². The van der Waals surface area contributed by atoms with Crippen LogP contribution in [0.3, 0.4) is 0 Å². The van der Waals surface area contributed by atoms with Crippen molar-refractivity contribution in [3.05, 3.63) is 69.8 Å². The van der Waals surface area contributed by atoms with Gasteiger partial charge < -0.3 is 14.8 Å². The van der Waals surface area contributed by atoms with Gasteiger partial charge in [-0.05, 0) is 30.7 Å². The van der Waals surface area contributed by atoms with E-state index in [2.05, 4.69) is 5.32 Å². The largest absolute Gasteiger partial charge is 0.449 e. The third-order valence-electron chi connectivity index (χ3n) is 3.51. The standard InChI is InChI=1S/C18H18N2O6/c1-12(17(21)19-15-5-3-4-6-16(15)20(23)24)26-18(22)14-9-7-13(8-10-14)11-25-2/h3-10,12H,11H2,1-2H3,(H,19,21)/t12-/m0/s1. The lowest BCUT2D eigenvalue weighted by Gasteiger charge is -2.13. The minimum atomic E-state index is -1.12. The van der Waals surface area contributed by atoms with Gasteiger partial charge in [0.25, 0.3) is 11.6 Å². The highest BCUT2D eigenvalue weighted by atomic mass is 16.6. The van der Waals surface area contributed by atoms with Crippen LogP contribution < -0.4 is 5.32 Å². The number of ether oxygens (including phenoxy) is 2. The predicted molar refractivity (Wildman–Crippen MR) is 93.8 cm³/mol. The average molecular weight is 358 g/mol. The molecule has 0 aliphatic heterocycles. The minimum Gasteiger partial charge on any atom is -0.449 e. The summed E-state index contributed by atoms with van der Waals surface area (Å²) >= 11 is 0. The van der Waals surface area contributed by atoms with Crippen LogP contribution in [0, 0.1) is 10.1 Å². The van der Waals surface area contributed by atoms with Crippen LogP contribution >= 0.6 is 0 Å². The zero-order valence-corrected chi connectivity index (χ0v) is 14.3. The number of nitrogens with zero attached hydrogens (tertiary/aromatic N) is 1. The molecule has 136 valence electrons. The van der Waals surface area contributed by atoms with Crippen molar-refractivity contribution in [3.8, 4) is 0 Å². The van der Waals surface area contributed by atoms with Gasteiger partial charge in [-0.2, -0.15) is 0 Å². The number of nitro benzene ring substituents is 1. The first-order chi connectivity index (χ1) is 12.4. The van der Waals surface area contributed by atoms with Crippen molar-refractivity contribution in [1.29, 1.82) is 0 Å².